The quantitative estimate of drug-likeness (QED) is 0.734. The number of ether oxygens (including phenoxy) is 1. The average molecular weight is 221 g/mol. The van der Waals surface area contributed by atoms with Gasteiger partial charge in [0.15, 0.2) is 0 Å². The number of thiophene rings is 1. The second kappa shape index (κ2) is 5.99. The van der Waals surface area contributed by atoms with Gasteiger partial charge in [-0.05, 0) is 25.1 Å². The van der Waals surface area contributed by atoms with Crippen LogP contribution in [0.3, 0.4) is 0 Å². The van der Waals surface area contributed by atoms with Crippen molar-refractivity contribution in [1.82, 2.24) is 0 Å². The van der Waals surface area contributed by atoms with Crippen molar-refractivity contribution >= 4 is 23.4 Å². The second-order valence-corrected chi connectivity index (χ2v) is 3.80. The Morgan fingerprint density at radius 2 is 2.47 bits per heavy atom. The number of hydrogen-bond donors (Lipinski definition) is 0. The molecule has 1 aromatic heterocycles. The van der Waals surface area contributed by atoms with Gasteiger partial charge >= 0.3 is 5.97 Å². The summed E-state index contributed by atoms with van der Waals surface area (Å²) in [5.74, 6) is -0.289. The highest BCUT2D eigenvalue weighted by atomic mass is 32.1. The number of rotatable bonds is 4. The summed E-state index contributed by atoms with van der Waals surface area (Å²) in [5, 5.41) is 8.34. The molecule has 0 bridgehead atoms. The Balaban J connectivity index is 2.64. The number of carbonyl (C=O) groups excluding carboxylic acids is 1. The summed E-state index contributed by atoms with van der Waals surface area (Å²) in [7, 11) is 0. The van der Waals surface area contributed by atoms with Crippen LogP contribution in [0, 0.1) is 11.3 Å². The van der Waals surface area contributed by atoms with Crippen molar-refractivity contribution in [2.45, 2.75) is 13.3 Å². The number of allylic oxidation sites excluding steroid dienone is 1. The maximum absolute atomic E-state index is 11.3. The lowest BCUT2D eigenvalue weighted by Crippen LogP contribution is -2.01. The highest BCUT2D eigenvalue weighted by molar-refractivity contribution is 7.14. The summed E-state index contributed by atoms with van der Waals surface area (Å²) in [5.41, 5.74) is 0. The van der Waals surface area contributed by atoms with Crippen LogP contribution >= 0.6 is 11.3 Å². The van der Waals surface area contributed by atoms with Crippen LogP contribution in [0.4, 0.5) is 0 Å². The largest absolute Gasteiger partial charge is 0.462 e. The summed E-state index contributed by atoms with van der Waals surface area (Å²) in [6, 6.07) is 5.58. The second-order valence-electron chi connectivity index (χ2n) is 2.69. The molecule has 0 saturated carbocycles. The van der Waals surface area contributed by atoms with Crippen molar-refractivity contribution in [3.8, 4) is 6.07 Å². The van der Waals surface area contributed by atoms with Gasteiger partial charge in [0.05, 0.1) is 19.1 Å². The fourth-order valence-corrected chi connectivity index (χ4v) is 1.81. The zero-order valence-electron chi connectivity index (χ0n) is 8.40. The van der Waals surface area contributed by atoms with Gasteiger partial charge in [-0.1, -0.05) is 6.08 Å². The van der Waals surface area contributed by atoms with Crippen LogP contribution in [0.2, 0.25) is 0 Å². The molecular formula is C11H11NO2S. The molecule has 0 aliphatic carbocycles. The zero-order chi connectivity index (χ0) is 11.1. The molecule has 4 heteroatoms. The SMILES string of the molecule is CCOC(=O)c1ccc(C=CCC#N)s1. The van der Waals surface area contributed by atoms with E-state index >= 15 is 0 Å². The Morgan fingerprint density at radius 1 is 1.67 bits per heavy atom. The highest BCUT2D eigenvalue weighted by Gasteiger charge is 2.08. The van der Waals surface area contributed by atoms with Crippen molar-refractivity contribution < 1.29 is 9.53 Å². The Morgan fingerprint density at radius 3 is 3.13 bits per heavy atom. The molecule has 0 aromatic carbocycles. The van der Waals surface area contributed by atoms with Crippen molar-refractivity contribution in [2.75, 3.05) is 6.61 Å². The first kappa shape index (κ1) is 11.5. The monoisotopic (exact) mass is 221 g/mol. The van der Waals surface area contributed by atoms with Gasteiger partial charge < -0.3 is 4.74 Å². The smallest absolute Gasteiger partial charge is 0.348 e. The molecule has 0 aliphatic rings. The lowest BCUT2D eigenvalue weighted by atomic mass is 10.3. The first-order valence-corrected chi connectivity index (χ1v) is 5.40. The summed E-state index contributed by atoms with van der Waals surface area (Å²) < 4.78 is 4.86. The van der Waals surface area contributed by atoms with Crippen molar-refractivity contribution in [3.05, 3.63) is 28.0 Å². The maximum Gasteiger partial charge on any atom is 0.348 e. The van der Waals surface area contributed by atoms with Gasteiger partial charge in [0.2, 0.25) is 0 Å². The number of nitrogens with zero attached hydrogens (tertiary/aromatic N) is 1. The molecule has 1 aromatic rings. The van der Waals surface area contributed by atoms with Crippen molar-refractivity contribution in [1.29, 1.82) is 5.26 Å². The third-order valence-corrected chi connectivity index (χ3v) is 2.63. The number of nitriles is 1. The van der Waals surface area contributed by atoms with Crippen LogP contribution < -0.4 is 0 Å². The molecule has 0 spiro atoms. The molecule has 0 atom stereocenters. The van der Waals surface area contributed by atoms with Crippen LogP contribution in [-0.4, -0.2) is 12.6 Å². The van der Waals surface area contributed by atoms with E-state index in [1.165, 1.54) is 11.3 Å². The van der Waals surface area contributed by atoms with E-state index in [2.05, 4.69) is 0 Å². The molecule has 0 unspecified atom stereocenters. The Labute approximate surface area is 92.6 Å². The van der Waals surface area contributed by atoms with E-state index in [-0.39, 0.29) is 5.97 Å². The summed E-state index contributed by atoms with van der Waals surface area (Å²) in [6.45, 7) is 2.16. The molecule has 1 rings (SSSR count). The van der Waals surface area contributed by atoms with Gasteiger partial charge in [-0.2, -0.15) is 5.26 Å². The van der Waals surface area contributed by atoms with Crippen molar-refractivity contribution in [3.63, 3.8) is 0 Å². The predicted octanol–water partition coefficient (Wildman–Crippen LogP) is 2.85. The molecule has 1 heterocycles. The fraction of sp³-hybridized carbons (Fsp3) is 0.273. The van der Waals surface area contributed by atoms with E-state index < -0.39 is 0 Å². The molecule has 0 fully saturated rings. The van der Waals surface area contributed by atoms with E-state index in [4.69, 9.17) is 10.00 Å². The van der Waals surface area contributed by atoms with Gasteiger partial charge in [-0.15, -0.1) is 11.3 Å². The van der Waals surface area contributed by atoms with E-state index in [9.17, 15) is 4.79 Å². The third-order valence-electron chi connectivity index (χ3n) is 1.59. The Bertz CT molecular complexity index is 401. The molecule has 0 aliphatic heterocycles. The van der Waals surface area contributed by atoms with Gasteiger partial charge in [0.25, 0.3) is 0 Å². The molecule has 0 amide bonds. The summed E-state index contributed by atoms with van der Waals surface area (Å²) in [6.07, 6.45) is 3.98. The van der Waals surface area contributed by atoms with E-state index in [0.29, 0.717) is 17.9 Å². The lowest BCUT2D eigenvalue weighted by molar-refractivity contribution is 0.0532. The van der Waals surface area contributed by atoms with Gasteiger partial charge in [-0.25, -0.2) is 4.79 Å². The molecule has 3 nitrogen and oxygen atoms in total. The molecule has 0 saturated heterocycles. The van der Waals surface area contributed by atoms with Gasteiger partial charge in [0.1, 0.15) is 4.88 Å². The van der Waals surface area contributed by atoms with Gasteiger partial charge in [0, 0.05) is 4.88 Å². The van der Waals surface area contributed by atoms with E-state index in [1.807, 2.05) is 18.2 Å². The van der Waals surface area contributed by atoms with Crippen LogP contribution in [0.25, 0.3) is 6.08 Å². The molecule has 0 N–H and O–H groups in total. The molecular weight excluding hydrogens is 210 g/mol. The predicted molar refractivity (Wildman–Crippen MR) is 59.5 cm³/mol. The van der Waals surface area contributed by atoms with Gasteiger partial charge in [-0.3, -0.25) is 0 Å². The van der Waals surface area contributed by atoms with Crippen LogP contribution in [0.5, 0.6) is 0 Å². The first-order valence-electron chi connectivity index (χ1n) is 4.58. The highest BCUT2D eigenvalue weighted by Crippen LogP contribution is 2.18. The van der Waals surface area contributed by atoms with Crippen molar-refractivity contribution in [2.24, 2.45) is 0 Å². The van der Waals surface area contributed by atoms with Crippen LogP contribution in [-0.2, 0) is 4.74 Å². The van der Waals surface area contributed by atoms with Crippen LogP contribution in [0.1, 0.15) is 27.9 Å². The number of carbonyl (C=O) groups is 1. The van der Waals surface area contributed by atoms with Crippen LogP contribution in [0.15, 0.2) is 18.2 Å². The zero-order valence-corrected chi connectivity index (χ0v) is 9.21. The maximum atomic E-state index is 11.3. The minimum Gasteiger partial charge on any atom is -0.462 e. The number of esters is 1. The minimum absolute atomic E-state index is 0.289. The Hall–Kier alpha value is -1.60. The third kappa shape index (κ3) is 3.56. The first-order chi connectivity index (χ1) is 7.27. The number of hydrogen-bond acceptors (Lipinski definition) is 4. The topological polar surface area (TPSA) is 50.1 Å². The molecule has 15 heavy (non-hydrogen) atoms. The van der Waals surface area contributed by atoms with E-state index in [1.54, 1.807) is 19.1 Å². The minimum atomic E-state index is -0.289. The summed E-state index contributed by atoms with van der Waals surface area (Å²) >= 11 is 1.36. The standard InChI is InChI=1S/C11H11NO2S/c1-2-14-11(13)10-7-6-9(15-10)5-3-4-8-12/h3,5-7H,2,4H2,1H3. The average Bonchev–Trinajstić information content (AvgIpc) is 2.67. The molecule has 0 radical (unpaired) electrons. The lowest BCUT2D eigenvalue weighted by Gasteiger charge is -1.96. The van der Waals surface area contributed by atoms with E-state index in [0.717, 1.165) is 4.88 Å². The normalized spacial score (nSPS) is 10.1. The summed E-state index contributed by atoms with van der Waals surface area (Å²) in [4.78, 5) is 12.8. The fourth-order valence-electron chi connectivity index (χ4n) is 0.982. The molecule has 78 valence electrons. The Kier molecular flexibility index (Phi) is 4.58.